The van der Waals surface area contributed by atoms with Crippen LogP contribution in [0.25, 0.3) is 11.1 Å². The molecule has 1 atom stereocenters. The first-order chi connectivity index (χ1) is 15.1. The minimum Gasteiger partial charge on any atom is -0.496 e. The maximum Gasteiger partial charge on any atom is 0.416 e. The average molecular weight is 443 g/mol. The Hall–Kier alpha value is -2.83. The van der Waals surface area contributed by atoms with E-state index in [1.165, 1.54) is 12.1 Å². The number of nitrogens with two attached hydrogens (primary N) is 2. The van der Waals surface area contributed by atoms with Crippen LogP contribution in [0.15, 0.2) is 66.7 Å². The SMILES string of the molecule is COc1ccc(C(C)C)cc1-c1ccc(C(F)(F)F)cc1CC(N)(CN)c1ccccc1. The van der Waals surface area contributed by atoms with Crippen molar-refractivity contribution in [3.8, 4) is 16.9 Å². The van der Waals surface area contributed by atoms with Crippen LogP contribution in [0.1, 0.15) is 42.0 Å². The van der Waals surface area contributed by atoms with Gasteiger partial charge < -0.3 is 16.2 Å². The molecule has 0 aromatic heterocycles. The monoisotopic (exact) mass is 442 g/mol. The lowest BCUT2D eigenvalue weighted by atomic mass is 9.81. The summed E-state index contributed by atoms with van der Waals surface area (Å²) in [5.74, 6) is 0.838. The quantitative estimate of drug-likeness (QED) is 0.482. The standard InChI is InChI=1S/C26H29F3N2O/c1-17(2)18-9-12-24(32-3)23(14-18)22-11-10-21(26(27,28)29)13-19(22)15-25(31,16-30)20-7-5-4-6-8-20/h4-14,17H,15-16,30-31H2,1-3H3. The van der Waals surface area contributed by atoms with Gasteiger partial charge in [0.1, 0.15) is 5.75 Å². The molecule has 0 aliphatic heterocycles. The van der Waals surface area contributed by atoms with Crippen LogP contribution in [-0.4, -0.2) is 13.7 Å². The van der Waals surface area contributed by atoms with Crippen molar-refractivity contribution in [3.63, 3.8) is 0 Å². The van der Waals surface area contributed by atoms with Gasteiger partial charge in [0.05, 0.1) is 18.2 Å². The van der Waals surface area contributed by atoms with Crippen LogP contribution >= 0.6 is 0 Å². The van der Waals surface area contributed by atoms with Crippen LogP contribution in [0.5, 0.6) is 5.75 Å². The maximum absolute atomic E-state index is 13.6. The Bertz CT molecular complexity index is 1060. The molecule has 3 nitrogen and oxygen atoms in total. The number of hydrogen-bond donors (Lipinski definition) is 2. The summed E-state index contributed by atoms with van der Waals surface area (Å²) in [6, 6.07) is 18.8. The van der Waals surface area contributed by atoms with E-state index in [1.54, 1.807) is 7.11 Å². The van der Waals surface area contributed by atoms with Crippen LogP contribution in [-0.2, 0) is 18.1 Å². The predicted molar refractivity (Wildman–Crippen MR) is 123 cm³/mol. The molecule has 0 aliphatic carbocycles. The number of alkyl halides is 3. The zero-order valence-electron chi connectivity index (χ0n) is 18.5. The Labute approximate surface area is 187 Å². The number of methoxy groups -OCH3 is 1. The summed E-state index contributed by atoms with van der Waals surface area (Å²) in [6.45, 7) is 4.21. The summed E-state index contributed by atoms with van der Waals surface area (Å²) in [5.41, 5.74) is 14.7. The second kappa shape index (κ2) is 9.35. The first-order valence-electron chi connectivity index (χ1n) is 10.5. The molecule has 170 valence electrons. The van der Waals surface area contributed by atoms with Crippen LogP contribution in [0.3, 0.4) is 0 Å². The van der Waals surface area contributed by atoms with Crippen LogP contribution in [0, 0.1) is 0 Å². The summed E-state index contributed by atoms with van der Waals surface area (Å²) in [4.78, 5) is 0. The van der Waals surface area contributed by atoms with E-state index in [2.05, 4.69) is 13.8 Å². The smallest absolute Gasteiger partial charge is 0.416 e. The van der Waals surface area contributed by atoms with Gasteiger partial charge in [-0.1, -0.05) is 56.3 Å². The van der Waals surface area contributed by atoms with Gasteiger partial charge in [0.2, 0.25) is 0 Å². The Kier molecular flexibility index (Phi) is 6.96. The molecule has 0 fully saturated rings. The van der Waals surface area contributed by atoms with E-state index in [9.17, 15) is 13.2 Å². The van der Waals surface area contributed by atoms with Gasteiger partial charge in [0.15, 0.2) is 0 Å². The molecule has 3 rings (SSSR count). The largest absolute Gasteiger partial charge is 0.496 e. The zero-order chi connectivity index (χ0) is 23.5. The Morgan fingerprint density at radius 3 is 2.12 bits per heavy atom. The van der Waals surface area contributed by atoms with Gasteiger partial charge in [-0.3, -0.25) is 0 Å². The lowest BCUT2D eigenvalue weighted by molar-refractivity contribution is -0.137. The third-order valence-corrected chi connectivity index (χ3v) is 5.83. The fourth-order valence-corrected chi connectivity index (χ4v) is 3.88. The van der Waals surface area contributed by atoms with Crippen LogP contribution in [0.4, 0.5) is 13.2 Å². The van der Waals surface area contributed by atoms with Crippen LogP contribution < -0.4 is 16.2 Å². The molecule has 0 saturated heterocycles. The molecule has 0 radical (unpaired) electrons. The summed E-state index contributed by atoms with van der Waals surface area (Å²) < 4.78 is 46.3. The fourth-order valence-electron chi connectivity index (χ4n) is 3.88. The summed E-state index contributed by atoms with van der Waals surface area (Å²) in [6.07, 6.45) is -4.33. The van der Waals surface area contributed by atoms with Gasteiger partial charge in [0, 0.05) is 12.1 Å². The van der Waals surface area contributed by atoms with Crippen molar-refractivity contribution < 1.29 is 17.9 Å². The number of hydrogen-bond acceptors (Lipinski definition) is 3. The van der Waals surface area contributed by atoms with E-state index in [0.29, 0.717) is 16.9 Å². The van der Waals surface area contributed by atoms with Gasteiger partial charge in [0.25, 0.3) is 0 Å². The Morgan fingerprint density at radius 2 is 1.56 bits per heavy atom. The van der Waals surface area contributed by atoms with E-state index < -0.39 is 17.3 Å². The van der Waals surface area contributed by atoms with Crippen molar-refractivity contribution in [1.82, 2.24) is 0 Å². The van der Waals surface area contributed by atoms with Gasteiger partial charge >= 0.3 is 6.18 Å². The van der Waals surface area contributed by atoms with Gasteiger partial charge in [-0.15, -0.1) is 0 Å². The topological polar surface area (TPSA) is 61.3 Å². The van der Waals surface area contributed by atoms with E-state index in [4.69, 9.17) is 16.2 Å². The molecule has 4 N–H and O–H groups in total. The minimum atomic E-state index is -4.47. The highest BCUT2D eigenvalue weighted by Crippen LogP contribution is 2.40. The number of halogens is 3. The van der Waals surface area contributed by atoms with E-state index >= 15 is 0 Å². The zero-order valence-corrected chi connectivity index (χ0v) is 18.5. The first-order valence-corrected chi connectivity index (χ1v) is 10.5. The third-order valence-electron chi connectivity index (χ3n) is 5.83. The fraction of sp³-hybridized carbons (Fsp3) is 0.308. The summed E-state index contributed by atoms with van der Waals surface area (Å²) in [5, 5.41) is 0. The van der Waals surface area contributed by atoms with E-state index in [1.807, 2.05) is 48.5 Å². The van der Waals surface area contributed by atoms with Crippen molar-refractivity contribution in [2.75, 3.05) is 13.7 Å². The number of benzene rings is 3. The predicted octanol–water partition coefficient (Wildman–Crippen LogP) is 5.86. The third kappa shape index (κ3) is 4.97. The lowest BCUT2D eigenvalue weighted by Gasteiger charge is -2.30. The van der Waals surface area contributed by atoms with Crippen molar-refractivity contribution >= 4 is 0 Å². The first kappa shape index (κ1) is 23.8. The molecule has 0 amide bonds. The van der Waals surface area contributed by atoms with Crippen molar-refractivity contribution in [2.45, 2.75) is 37.9 Å². The molecule has 0 aliphatic rings. The Balaban J connectivity index is 2.22. The van der Waals surface area contributed by atoms with Gasteiger partial charge in [-0.05, 0) is 58.9 Å². The molecule has 3 aromatic carbocycles. The molecule has 1 unspecified atom stereocenters. The molecule has 0 saturated carbocycles. The Morgan fingerprint density at radius 1 is 0.875 bits per heavy atom. The highest BCUT2D eigenvalue weighted by atomic mass is 19.4. The highest BCUT2D eigenvalue weighted by molar-refractivity contribution is 5.75. The summed E-state index contributed by atoms with van der Waals surface area (Å²) in [7, 11) is 1.55. The van der Waals surface area contributed by atoms with Crippen LogP contribution in [0.2, 0.25) is 0 Å². The molecule has 0 heterocycles. The molecule has 3 aromatic rings. The van der Waals surface area contributed by atoms with Crippen molar-refractivity contribution in [2.24, 2.45) is 11.5 Å². The lowest BCUT2D eigenvalue weighted by Crippen LogP contribution is -2.46. The number of ether oxygens (including phenoxy) is 1. The minimum absolute atomic E-state index is 0.0792. The van der Waals surface area contributed by atoms with Crippen molar-refractivity contribution in [1.29, 1.82) is 0 Å². The second-order valence-corrected chi connectivity index (χ2v) is 8.39. The molecule has 6 heteroatoms. The maximum atomic E-state index is 13.6. The highest BCUT2D eigenvalue weighted by Gasteiger charge is 2.33. The van der Waals surface area contributed by atoms with Gasteiger partial charge in [-0.25, -0.2) is 0 Å². The molecular formula is C26H29F3N2O. The van der Waals surface area contributed by atoms with Crippen molar-refractivity contribution in [3.05, 3.63) is 89.0 Å². The van der Waals surface area contributed by atoms with Gasteiger partial charge in [-0.2, -0.15) is 13.2 Å². The molecular weight excluding hydrogens is 413 g/mol. The van der Waals surface area contributed by atoms with E-state index in [-0.39, 0.29) is 18.9 Å². The second-order valence-electron chi connectivity index (χ2n) is 8.39. The summed E-state index contributed by atoms with van der Waals surface area (Å²) >= 11 is 0. The number of rotatable bonds is 7. The molecule has 32 heavy (non-hydrogen) atoms. The molecule has 0 bridgehead atoms. The average Bonchev–Trinajstić information content (AvgIpc) is 2.78. The van der Waals surface area contributed by atoms with E-state index in [0.717, 1.165) is 22.8 Å². The molecule has 0 spiro atoms. The normalized spacial score (nSPS) is 13.8.